The molecule has 0 unspecified atom stereocenters. The lowest BCUT2D eigenvalue weighted by atomic mass is 10.1. The molecule has 2 aromatic carbocycles. The average Bonchev–Trinajstić information content (AvgIpc) is 3.05. The van der Waals surface area contributed by atoms with E-state index in [4.69, 9.17) is 4.74 Å². The van der Waals surface area contributed by atoms with Gasteiger partial charge in [0.15, 0.2) is 0 Å². The molecule has 3 rings (SSSR count). The summed E-state index contributed by atoms with van der Waals surface area (Å²) in [6, 6.07) is 7.53. The minimum atomic E-state index is -0.771. The maximum Gasteiger partial charge on any atom is 0.412 e. The van der Waals surface area contributed by atoms with Crippen LogP contribution in [0.25, 0.3) is 10.9 Å². The van der Waals surface area contributed by atoms with Gasteiger partial charge in [0, 0.05) is 29.2 Å². The number of amides is 2. The number of carbonyl (C=O) groups is 2. The van der Waals surface area contributed by atoms with Gasteiger partial charge in [-0.1, -0.05) is 0 Å². The van der Waals surface area contributed by atoms with Crippen LogP contribution in [0.3, 0.4) is 0 Å². The Labute approximate surface area is 170 Å². The van der Waals surface area contributed by atoms with Crippen LogP contribution < -0.4 is 10.6 Å². The fraction of sp³-hybridized carbons (Fsp3) is 0.200. The van der Waals surface area contributed by atoms with Crippen LogP contribution in [0.2, 0.25) is 0 Å². The molecule has 2 amide bonds. The Hall–Kier alpha value is -3.95. The Balaban J connectivity index is 1.89. The number of fused-ring (bicyclic) bond motifs is 1. The van der Waals surface area contributed by atoms with E-state index in [0.29, 0.717) is 10.9 Å². The third-order valence-electron chi connectivity index (χ3n) is 3.99. The van der Waals surface area contributed by atoms with E-state index in [1.807, 2.05) is 0 Å². The van der Waals surface area contributed by atoms with Gasteiger partial charge in [0.1, 0.15) is 11.4 Å². The summed E-state index contributed by atoms with van der Waals surface area (Å²) in [5.74, 6) is -1.27. The molecule has 0 bridgehead atoms. The van der Waals surface area contributed by atoms with Gasteiger partial charge in [-0.2, -0.15) is 0 Å². The summed E-state index contributed by atoms with van der Waals surface area (Å²) in [7, 11) is 0. The highest BCUT2D eigenvalue weighted by Gasteiger charge is 2.20. The summed E-state index contributed by atoms with van der Waals surface area (Å²) in [6.45, 7) is 5.07. The molecule has 0 aliphatic heterocycles. The lowest BCUT2D eigenvalue weighted by molar-refractivity contribution is -0.384. The molecule has 0 atom stereocenters. The van der Waals surface area contributed by atoms with Crippen molar-refractivity contribution in [2.45, 2.75) is 26.4 Å². The van der Waals surface area contributed by atoms with Crippen molar-refractivity contribution in [3.63, 3.8) is 0 Å². The molecule has 156 valence electrons. The van der Waals surface area contributed by atoms with Crippen LogP contribution in [-0.2, 0) is 4.74 Å². The first-order valence-electron chi connectivity index (χ1n) is 8.90. The van der Waals surface area contributed by atoms with Crippen molar-refractivity contribution in [2.75, 3.05) is 10.6 Å². The predicted octanol–water partition coefficient (Wildman–Crippen LogP) is 4.81. The number of aromatic nitrogens is 1. The van der Waals surface area contributed by atoms with Crippen molar-refractivity contribution >= 4 is 40.0 Å². The number of nitrogens with one attached hydrogen (secondary N) is 3. The number of rotatable bonds is 4. The molecule has 1 aromatic heterocycles. The lowest BCUT2D eigenvalue weighted by Gasteiger charge is -2.20. The first-order chi connectivity index (χ1) is 14.0. The quantitative estimate of drug-likeness (QED) is 0.417. The Morgan fingerprint density at radius 3 is 2.50 bits per heavy atom. The number of H-pyrrole nitrogens is 1. The molecular weight excluding hydrogens is 395 g/mol. The molecule has 3 aromatic rings. The normalized spacial score (nSPS) is 11.2. The standard InChI is InChI=1S/C20H19FN4O5/c1-20(2,3)30-19(27)24-16-6-4-11(21)8-17(16)23-18(26)14-10-22-15-7-5-12(25(28)29)9-13(14)15/h4-10,22H,1-3H3,(H,23,26)(H,24,27). The number of aromatic amines is 1. The van der Waals surface area contributed by atoms with Crippen molar-refractivity contribution in [3.05, 3.63) is 64.1 Å². The number of halogens is 1. The number of non-ortho nitro benzene ring substituents is 1. The van der Waals surface area contributed by atoms with E-state index < -0.39 is 28.3 Å². The average molecular weight is 414 g/mol. The van der Waals surface area contributed by atoms with Gasteiger partial charge in [-0.05, 0) is 45.0 Å². The molecule has 0 saturated carbocycles. The van der Waals surface area contributed by atoms with Crippen molar-refractivity contribution in [1.82, 2.24) is 4.98 Å². The monoisotopic (exact) mass is 414 g/mol. The smallest absolute Gasteiger partial charge is 0.412 e. The summed E-state index contributed by atoms with van der Waals surface area (Å²) in [6.07, 6.45) is 0.622. The van der Waals surface area contributed by atoms with Crippen molar-refractivity contribution in [2.24, 2.45) is 0 Å². The van der Waals surface area contributed by atoms with Crippen LogP contribution in [0.5, 0.6) is 0 Å². The first-order valence-corrected chi connectivity index (χ1v) is 8.90. The van der Waals surface area contributed by atoms with Gasteiger partial charge >= 0.3 is 6.09 Å². The molecule has 10 heteroatoms. The van der Waals surface area contributed by atoms with Crippen molar-refractivity contribution < 1.29 is 23.6 Å². The van der Waals surface area contributed by atoms with Crippen LogP contribution >= 0.6 is 0 Å². The minimum absolute atomic E-state index is 0.00522. The minimum Gasteiger partial charge on any atom is -0.444 e. The van der Waals surface area contributed by atoms with Crippen molar-refractivity contribution in [1.29, 1.82) is 0 Å². The van der Waals surface area contributed by atoms with E-state index in [0.717, 1.165) is 12.1 Å². The lowest BCUT2D eigenvalue weighted by Crippen LogP contribution is -2.27. The molecule has 0 fully saturated rings. The number of nitro benzene ring substituents is 1. The molecule has 30 heavy (non-hydrogen) atoms. The SMILES string of the molecule is CC(C)(C)OC(=O)Nc1ccc(F)cc1NC(=O)c1c[nH]c2ccc([N+](=O)[O-])cc12. The number of ether oxygens (including phenoxy) is 1. The van der Waals surface area contributed by atoms with Crippen LogP contribution in [0.15, 0.2) is 42.6 Å². The number of hydrogen-bond donors (Lipinski definition) is 3. The van der Waals surface area contributed by atoms with Gasteiger partial charge in [-0.25, -0.2) is 9.18 Å². The third kappa shape index (κ3) is 4.72. The second-order valence-corrected chi connectivity index (χ2v) is 7.46. The zero-order valence-corrected chi connectivity index (χ0v) is 16.4. The van der Waals surface area contributed by atoms with E-state index in [2.05, 4.69) is 15.6 Å². The molecule has 1 heterocycles. The Kier molecular flexibility index (Phi) is 5.41. The number of nitro groups is 1. The highest BCUT2D eigenvalue weighted by Crippen LogP contribution is 2.27. The fourth-order valence-electron chi connectivity index (χ4n) is 2.74. The van der Waals surface area contributed by atoms with Gasteiger partial charge in [0.2, 0.25) is 0 Å². The number of anilines is 2. The molecule has 0 radical (unpaired) electrons. The summed E-state index contributed by atoms with van der Waals surface area (Å²) in [5, 5.41) is 16.3. The number of hydrogen-bond acceptors (Lipinski definition) is 5. The van der Waals surface area contributed by atoms with Gasteiger partial charge in [0.05, 0.1) is 21.9 Å². The van der Waals surface area contributed by atoms with Crippen LogP contribution in [0.4, 0.5) is 26.2 Å². The zero-order chi connectivity index (χ0) is 22.1. The first kappa shape index (κ1) is 20.8. The molecule has 0 aliphatic rings. The summed E-state index contributed by atoms with van der Waals surface area (Å²) >= 11 is 0. The van der Waals surface area contributed by atoms with Crippen molar-refractivity contribution in [3.8, 4) is 0 Å². The van der Waals surface area contributed by atoms with Crippen LogP contribution in [0, 0.1) is 15.9 Å². The Bertz CT molecular complexity index is 1150. The molecule has 3 N–H and O–H groups in total. The third-order valence-corrected chi connectivity index (χ3v) is 3.99. The second kappa shape index (κ2) is 7.82. The number of nitrogens with zero attached hydrogens (tertiary/aromatic N) is 1. The molecule has 0 saturated heterocycles. The largest absolute Gasteiger partial charge is 0.444 e. The molecule has 0 spiro atoms. The van der Waals surface area contributed by atoms with Crippen LogP contribution in [0.1, 0.15) is 31.1 Å². The van der Waals surface area contributed by atoms with Gasteiger partial charge in [-0.3, -0.25) is 20.2 Å². The Morgan fingerprint density at radius 2 is 1.83 bits per heavy atom. The topological polar surface area (TPSA) is 126 Å². The van der Waals surface area contributed by atoms with Gasteiger partial charge < -0.3 is 15.0 Å². The highest BCUT2D eigenvalue weighted by atomic mass is 19.1. The van der Waals surface area contributed by atoms with E-state index in [1.54, 1.807) is 20.8 Å². The van der Waals surface area contributed by atoms with Crippen LogP contribution in [-0.4, -0.2) is 27.5 Å². The van der Waals surface area contributed by atoms with E-state index in [-0.39, 0.29) is 22.6 Å². The van der Waals surface area contributed by atoms with Gasteiger partial charge in [0.25, 0.3) is 11.6 Å². The van der Waals surface area contributed by atoms with E-state index in [1.165, 1.54) is 30.5 Å². The maximum absolute atomic E-state index is 13.8. The van der Waals surface area contributed by atoms with E-state index in [9.17, 15) is 24.1 Å². The summed E-state index contributed by atoms with van der Waals surface area (Å²) in [5.41, 5.74) is -0.130. The number of benzene rings is 2. The fourth-order valence-corrected chi connectivity index (χ4v) is 2.74. The maximum atomic E-state index is 13.8. The number of carbonyl (C=O) groups excluding carboxylic acids is 2. The summed E-state index contributed by atoms with van der Waals surface area (Å²) in [4.78, 5) is 38.1. The molecule has 9 nitrogen and oxygen atoms in total. The zero-order valence-electron chi connectivity index (χ0n) is 16.4. The molecule has 0 aliphatic carbocycles. The summed E-state index contributed by atoms with van der Waals surface area (Å²) < 4.78 is 18.9. The predicted molar refractivity (Wildman–Crippen MR) is 109 cm³/mol. The molecular formula is C20H19FN4O5. The van der Waals surface area contributed by atoms with E-state index >= 15 is 0 Å². The highest BCUT2D eigenvalue weighted by molar-refractivity contribution is 6.14. The Morgan fingerprint density at radius 1 is 1.10 bits per heavy atom. The second-order valence-electron chi connectivity index (χ2n) is 7.46. The van der Waals surface area contributed by atoms with Gasteiger partial charge in [-0.15, -0.1) is 0 Å².